The lowest BCUT2D eigenvalue weighted by Gasteiger charge is -2.30. The molecule has 1 fully saturated rings. The highest BCUT2D eigenvalue weighted by atomic mass is 16.5. The standard InChI is InChI=1S/C10H22N2O/c1-9(2,6-11)7-12-10(3)4-5-13-8-10/h12H,4-8,11H2,1-3H3. The predicted molar refractivity (Wildman–Crippen MR) is 54.7 cm³/mol. The topological polar surface area (TPSA) is 47.3 Å². The van der Waals surface area contributed by atoms with E-state index < -0.39 is 0 Å². The Morgan fingerprint density at radius 3 is 2.69 bits per heavy atom. The van der Waals surface area contributed by atoms with E-state index in [2.05, 4.69) is 26.1 Å². The van der Waals surface area contributed by atoms with Crippen LogP contribution >= 0.6 is 0 Å². The second kappa shape index (κ2) is 3.95. The molecule has 1 atom stereocenters. The fourth-order valence-electron chi connectivity index (χ4n) is 1.33. The van der Waals surface area contributed by atoms with Crippen LogP contribution < -0.4 is 11.1 Å². The Morgan fingerprint density at radius 1 is 1.54 bits per heavy atom. The van der Waals surface area contributed by atoms with Crippen molar-refractivity contribution < 1.29 is 4.74 Å². The van der Waals surface area contributed by atoms with E-state index in [1.165, 1.54) is 0 Å². The predicted octanol–water partition coefficient (Wildman–Crippen LogP) is 0.740. The molecule has 0 aromatic carbocycles. The maximum absolute atomic E-state index is 5.66. The van der Waals surface area contributed by atoms with Gasteiger partial charge < -0.3 is 15.8 Å². The average Bonchev–Trinajstić information content (AvgIpc) is 2.50. The van der Waals surface area contributed by atoms with E-state index in [0.717, 1.165) is 32.7 Å². The zero-order chi connectivity index (χ0) is 9.95. The van der Waals surface area contributed by atoms with E-state index >= 15 is 0 Å². The highest BCUT2D eigenvalue weighted by Crippen LogP contribution is 2.20. The summed E-state index contributed by atoms with van der Waals surface area (Å²) in [6.45, 7) is 9.96. The second-order valence-electron chi connectivity index (χ2n) is 5.09. The van der Waals surface area contributed by atoms with Crippen LogP contribution in [0.25, 0.3) is 0 Å². The van der Waals surface area contributed by atoms with Crippen molar-refractivity contribution in [3.8, 4) is 0 Å². The molecule has 0 aromatic heterocycles. The molecule has 78 valence electrons. The number of hydrogen-bond acceptors (Lipinski definition) is 3. The van der Waals surface area contributed by atoms with E-state index in [-0.39, 0.29) is 11.0 Å². The maximum atomic E-state index is 5.66. The SMILES string of the molecule is CC(C)(CN)CNC1(C)CCOC1. The van der Waals surface area contributed by atoms with Gasteiger partial charge in [-0.15, -0.1) is 0 Å². The van der Waals surface area contributed by atoms with Crippen molar-refractivity contribution in [2.24, 2.45) is 11.1 Å². The van der Waals surface area contributed by atoms with Crippen molar-refractivity contribution in [1.29, 1.82) is 0 Å². The Hall–Kier alpha value is -0.120. The third-order valence-corrected chi connectivity index (χ3v) is 2.77. The Kier molecular flexibility index (Phi) is 3.33. The van der Waals surface area contributed by atoms with Crippen LogP contribution in [0.2, 0.25) is 0 Å². The van der Waals surface area contributed by atoms with Gasteiger partial charge in [0.25, 0.3) is 0 Å². The Bertz CT molecular complexity index is 162. The van der Waals surface area contributed by atoms with Crippen LogP contribution in [0.5, 0.6) is 0 Å². The highest BCUT2D eigenvalue weighted by Gasteiger charge is 2.30. The molecule has 1 aliphatic heterocycles. The van der Waals surface area contributed by atoms with Crippen LogP contribution in [-0.2, 0) is 4.74 Å². The average molecular weight is 186 g/mol. The first-order chi connectivity index (χ1) is 5.97. The molecule has 3 heteroatoms. The molecule has 1 saturated heterocycles. The van der Waals surface area contributed by atoms with Crippen molar-refractivity contribution in [3.63, 3.8) is 0 Å². The fraction of sp³-hybridized carbons (Fsp3) is 1.00. The Morgan fingerprint density at radius 2 is 2.23 bits per heavy atom. The number of rotatable bonds is 4. The summed E-state index contributed by atoms with van der Waals surface area (Å²) in [5, 5.41) is 3.54. The van der Waals surface area contributed by atoms with Crippen LogP contribution in [-0.4, -0.2) is 31.8 Å². The molecule has 1 heterocycles. The zero-order valence-electron chi connectivity index (χ0n) is 9.02. The molecule has 0 saturated carbocycles. The van der Waals surface area contributed by atoms with Crippen molar-refractivity contribution in [2.75, 3.05) is 26.3 Å². The maximum Gasteiger partial charge on any atom is 0.0646 e. The minimum atomic E-state index is 0.173. The molecule has 0 radical (unpaired) electrons. The normalized spacial score (nSPS) is 29.5. The van der Waals surface area contributed by atoms with Crippen LogP contribution in [0.1, 0.15) is 27.2 Å². The molecule has 0 aliphatic carbocycles. The van der Waals surface area contributed by atoms with Gasteiger partial charge in [-0.2, -0.15) is 0 Å². The third kappa shape index (κ3) is 3.25. The number of ether oxygens (including phenoxy) is 1. The van der Waals surface area contributed by atoms with E-state index in [1.54, 1.807) is 0 Å². The van der Waals surface area contributed by atoms with Gasteiger partial charge in [-0.3, -0.25) is 0 Å². The quantitative estimate of drug-likeness (QED) is 0.681. The first kappa shape index (κ1) is 11.0. The molecule has 1 rings (SSSR count). The summed E-state index contributed by atoms with van der Waals surface area (Å²) in [7, 11) is 0. The summed E-state index contributed by atoms with van der Waals surface area (Å²) in [5.74, 6) is 0. The fourth-order valence-corrected chi connectivity index (χ4v) is 1.33. The molecule has 1 unspecified atom stereocenters. The first-order valence-corrected chi connectivity index (χ1v) is 5.00. The lowest BCUT2D eigenvalue weighted by molar-refractivity contribution is 0.165. The minimum absolute atomic E-state index is 0.173. The molecule has 3 nitrogen and oxygen atoms in total. The van der Waals surface area contributed by atoms with Gasteiger partial charge in [0.1, 0.15) is 0 Å². The van der Waals surface area contributed by atoms with E-state index in [0.29, 0.717) is 0 Å². The van der Waals surface area contributed by atoms with Gasteiger partial charge in [0.15, 0.2) is 0 Å². The summed E-state index contributed by atoms with van der Waals surface area (Å²) >= 11 is 0. The van der Waals surface area contributed by atoms with Gasteiger partial charge in [0.05, 0.1) is 6.61 Å². The van der Waals surface area contributed by atoms with Gasteiger partial charge in [0.2, 0.25) is 0 Å². The summed E-state index contributed by atoms with van der Waals surface area (Å²) in [6.07, 6.45) is 1.10. The summed E-state index contributed by atoms with van der Waals surface area (Å²) < 4.78 is 5.37. The lowest BCUT2D eigenvalue weighted by atomic mass is 9.91. The second-order valence-corrected chi connectivity index (χ2v) is 5.09. The molecule has 3 N–H and O–H groups in total. The molecule has 13 heavy (non-hydrogen) atoms. The summed E-state index contributed by atoms with van der Waals surface area (Å²) in [5.41, 5.74) is 6.02. The van der Waals surface area contributed by atoms with Gasteiger partial charge in [-0.25, -0.2) is 0 Å². The zero-order valence-corrected chi connectivity index (χ0v) is 9.02. The smallest absolute Gasteiger partial charge is 0.0646 e. The van der Waals surface area contributed by atoms with Gasteiger partial charge >= 0.3 is 0 Å². The molecule has 0 bridgehead atoms. The van der Waals surface area contributed by atoms with Crippen molar-refractivity contribution >= 4 is 0 Å². The Labute approximate surface area is 81.0 Å². The summed E-state index contributed by atoms with van der Waals surface area (Å²) in [4.78, 5) is 0. The van der Waals surface area contributed by atoms with Crippen molar-refractivity contribution in [1.82, 2.24) is 5.32 Å². The van der Waals surface area contributed by atoms with Gasteiger partial charge in [-0.1, -0.05) is 13.8 Å². The molecule has 1 aliphatic rings. The Balaban J connectivity index is 2.32. The number of nitrogens with one attached hydrogen (secondary N) is 1. The van der Waals surface area contributed by atoms with Crippen molar-refractivity contribution in [2.45, 2.75) is 32.7 Å². The van der Waals surface area contributed by atoms with Crippen molar-refractivity contribution in [3.05, 3.63) is 0 Å². The monoisotopic (exact) mass is 186 g/mol. The van der Waals surface area contributed by atoms with E-state index in [1.807, 2.05) is 0 Å². The van der Waals surface area contributed by atoms with Crippen LogP contribution in [0, 0.1) is 5.41 Å². The molecule has 0 aromatic rings. The summed E-state index contributed by atoms with van der Waals surface area (Å²) in [6, 6.07) is 0. The molecular weight excluding hydrogens is 164 g/mol. The van der Waals surface area contributed by atoms with Crippen LogP contribution in [0.15, 0.2) is 0 Å². The van der Waals surface area contributed by atoms with E-state index in [9.17, 15) is 0 Å². The van der Waals surface area contributed by atoms with E-state index in [4.69, 9.17) is 10.5 Å². The molecular formula is C10H22N2O. The highest BCUT2D eigenvalue weighted by molar-refractivity contribution is 4.89. The van der Waals surface area contributed by atoms with Crippen LogP contribution in [0.4, 0.5) is 0 Å². The minimum Gasteiger partial charge on any atom is -0.379 e. The van der Waals surface area contributed by atoms with Crippen LogP contribution in [0.3, 0.4) is 0 Å². The lowest BCUT2D eigenvalue weighted by Crippen LogP contribution is -2.48. The number of nitrogens with two attached hydrogens (primary N) is 1. The molecule has 0 amide bonds. The first-order valence-electron chi connectivity index (χ1n) is 5.00. The van der Waals surface area contributed by atoms with Gasteiger partial charge in [0, 0.05) is 18.7 Å². The molecule has 0 spiro atoms. The van der Waals surface area contributed by atoms with Gasteiger partial charge in [-0.05, 0) is 25.3 Å². The number of hydrogen-bond donors (Lipinski definition) is 2. The largest absolute Gasteiger partial charge is 0.379 e. The third-order valence-electron chi connectivity index (χ3n) is 2.77.